The number of anilines is 1. The van der Waals surface area contributed by atoms with Crippen LogP contribution >= 0.6 is 0 Å². The maximum Gasteiger partial charge on any atom is 0.305 e. The number of hydrogen-bond donors (Lipinski definition) is 4. The van der Waals surface area contributed by atoms with E-state index in [9.17, 15) is 19.5 Å². The van der Waals surface area contributed by atoms with Crippen molar-refractivity contribution in [3.8, 4) is 16.9 Å². The van der Waals surface area contributed by atoms with E-state index in [0.29, 0.717) is 84.5 Å². The van der Waals surface area contributed by atoms with Crippen molar-refractivity contribution in [2.24, 2.45) is 5.11 Å². The lowest BCUT2D eigenvalue weighted by molar-refractivity contribution is -0.138. The molecule has 4 rings (SSSR count). The second kappa shape index (κ2) is 25.5. The van der Waals surface area contributed by atoms with Crippen LogP contribution in [-0.4, -0.2) is 106 Å². The number of aliphatic carboxylic acids is 1. The number of aryl methyl sites for hydroxylation is 1. The van der Waals surface area contributed by atoms with E-state index in [2.05, 4.69) is 31.0 Å². The smallest absolute Gasteiger partial charge is 0.305 e. The molecule has 0 fully saturated rings. The molecule has 3 aromatic carbocycles. The van der Waals surface area contributed by atoms with Crippen LogP contribution in [0, 0.1) is 6.92 Å². The molecular weight excluding hydrogens is 747 g/mol. The number of pyridine rings is 1. The number of hydrogen-bond acceptors (Lipinski definition) is 11. The van der Waals surface area contributed by atoms with Crippen LogP contribution < -0.4 is 20.7 Å². The number of nitrogens with zero attached hydrogens (tertiary/aromatic N) is 4. The standard InChI is InChI=1S/C42H53N7O9/c1-30-15-17-45-39(28-30)44-16-5-8-40(50)47-31(2)42(53)48-37(29-41(51)52)33-11-9-32(10-12-33)34-13-14-38(36-7-4-3-6-35(34)36)58-27-26-57-25-24-56-23-22-55-21-20-54-19-18-46-49-43/h3-4,6-7,9-15,17,28,31,37H,5,8,16,18-27,29H2,1-2H3,(H,44,45)(H,47,50)(H,48,53)(H,51,52). The molecule has 0 aliphatic carbocycles. The molecule has 0 radical (unpaired) electrons. The van der Waals surface area contributed by atoms with Gasteiger partial charge in [-0.05, 0) is 71.6 Å². The van der Waals surface area contributed by atoms with Gasteiger partial charge in [-0.2, -0.15) is 0 Å². The number of carbonyl (C=O) groups excluding carboxylic acids is 2. The number of aromatic nitrogens is 1. The minimum absolute atomic E-state index is 0.212. The predicted molar refractivity (Wildman–Crippen MR) is 220 cm³/mol. The van der Waals surface area contributed by atoms with E-state index in [-0.39, 0.29) is 18.7 Å². The topological polar surface area (TPSA) is 215 Å². The lowest BCUT2D eigenvalue weighted by Gasteiger charge is -2.21. The summed E-state index contributed by atoms with van der Waals surface area (Å²) in [4.78, 5) is 44.4. The molecule has 4 aromatic rings. The van der Waals surface area contributed by atoms with Gasteiger partial charge in [-0.25, -0.2) is 4.98 Å². The molecule has 0 aliphatic heterocycles. The Morgan fingerprint density at radius 1 is 0.828 bits per heavy atom. The molecule has 1 heterocycles. The van der Waals surface area contributed by atoms with Gasteiger partial charge in [-0.3, -0.25) is 14.4 Å². The summed E-state index contributed by atoms with van der Waals surface area (Å²) in [6.45, 7) is 8.07. The Morgan fingerprint density at radius 2 is 1.48 bits per heavy atom. The summed E-state index contributed by atoms with van der Waals surface area (Å²) in [6, 6.07) is 21.4. The number of nitrogens with one attached hydrogen (secondary N) is 3. The summed E-state index contributed by atoms with van der Waals surface area (Å²) < 4.78 is 28.0. The molecule has 2 atom stereocenters. The zero-order valence-corrected chi connectivity index (χ0v) is 33.1. The van der Waals surface area contributed by atoms with Crippen molar-refractivity contribution < 1.29 is 43.2 Å². The van der Waals surface area contributed by atoms with Crippen LogP contribution in [0.2, 0.25) is 0 Å². The molecule has 310 valence electrons. The number of fused-ring (bicyclic) bond motifs is 1. The van der Waals surface area contributed by atoms with E-state index in [1.807, 2.05) is 79.7 Å². The molecule has 16 nitrogen and oxygen atoms in total. The Balaban J connectivity index is 1.22. The Bertz CT molecular complexity index is 1940. The molecule has 2 amide bonds. The molecule has 2 unspecified atom stereocenters. The second-order valence-corrected chi connectivity index (χ2v) is 13.2. The Hall–Kier alpha value is -5.77. The quantitative estimate of drug-likeness (QED) is 0.0226. The number of carboxylic acids is 1. The van der Waals surface area contributed by atoms with Gasteiger partial charge in [0.05, 0.1) is 65.3 Å². The lowest BCUT2D eigenvalue weighted by Crippen LogP contribution is -2.46. The number of carbonyl (C=O) groups is 3. The van der Waals surface area contributed by atoms with Gasteiger partial charge in [0.25, 0.3) is 0 Å². The first-order valence-electron chi connectivity index (χ1n) is 19.3. The van der Waals surface area contributed by atoms with Gasteiger partial charge in [-0.15, -0.1) is 0 Å². The summed E-state index contributed by atoms with van der Waals surface area (Å²) >= 11 is 0. The van der Waals surface area contributed by atoms with Gasteiger partial charge < -0.3 is 44.7 Å². The summed E-state index contributed by atoms with van der Waals surface area (Å²) in [5, 5.41) is 23.7. The molecule has 0 spiro atoms. The fourth-order valence-corrected chi connectivity index (χ4v) is 5.87. The minimum Gasteiger partial charge on any atom is -0.491 e. The highest BCUT2D eigenvalue weighted by atomic mass is 16.6. The van der Waals surface area contributed by atoms with E-state index in [4.69, 9.17) is 29.2 Å². The van der Waals surface area contributed by atoms with Gasteiger partial charge in [0.1, 0.15) is 24.2 Å². The highest BCUT2D eigenvalue weighted by Crippen LogP contribution is 2.35. The Labute approximate surface area is 338 Å². The lowest BCUT2D eigenvalue weighted by atomic mass is 9.95. The summed E-state index contributed by atoms with van der Waals surface area (Å²) in [7, 11) is 0. The summed E-state index contributed by atoms with van der Waals surface area (Å²) in [5.74, 6) is -0.370. The molecular formula is C42H53N7O9. The predicted octanol–water partition coefficient (Wildman–Crippen LogP) is 5.99. The van der Waals surface area contributed by atoms with Gasteiger partial charge in [0.15, 0.2) is 0 Å². The van der Waals surface area contributed by atoms with Crippen molar-refractivity contribution in [2.45, 2.75) is 45.2 Å². The first-order chi connectivity index (χ1) is 28.2. The molecule has 58 heavy (non-hydrogen) atoms. The third-order valence-electron chi connectivity index (χ3n) is 8.78. The van der Waals surface area contributed by atoms with Crippen molar-refractivity contribution in [3.63, 3.8) is 0 Å². The van der Waals surface area contributed by atoms with Gasteiger partial charge in [-0.1, -0.05) is 59.7 Å². The number of carboxylic acid groups (broad SMARTS) is 1. The third kappa shape index (κ3) is 16.0. The zero-order chi connectivity index (χ0) is 41.4. The monoisotopic (exact) mass is 799 g/mol. The molecule has 0 saturated carbocycles. The Morgan fingerprint density at radius 3 is 2.14 bits per heavy atom. The first kappa shape index (κ1) is 44.9. The van der Waals surface area contributed by atoms with E-state index >= 15 is 0 Å². The number of rotatable bonds is 28. The highest BCUT2D eigenvalue weighted by molar-refractivity contribution is 6.00. The molecule has 0 aliphatic rings. The molecule has 0 bridgehead atoms. The van der Waals surface area contributed by atoms with Crippen LogP contribution in [0.4, 0.5) is 5.82 Å². The van der Waals surface area contributed by atoms with E-state index in [1.165, 1.54) is 0 Å². The summed E-state index contributed by atoms with van der Waals surface area (Å²) in [6.07, 6.45) is 2.14. The van der Waals surface area contributed by atoms with Crippen molar-refractivity contribution in [3.05, 3.63) is 101 Å². The highest BCUT2D eigenvalue weighted by Gasteiger charge is 2.23. The van der Waals surface area contributed by atoms with Crippen LogP contribution in [0.25, 0.3) is 32.3 Å². The van der Waals surface area contributed by atoms with Gasteiger partial charge in [0.2, 0.25) is 11.8 Å². The van der Waals surface area contributed by atoms with Crippen LogP contribution in [-0.2, 0) is 33.3 Å². The molecule has 4 N–H and O–H groups in total. The van der Waals surface area contributed by atoms with Crippen LogP contribution in [0.15, 0.2) is 84.1 Å². The SMILES string of the molecule is Cc1ccnc(NCCCC(=O)NC(C)C(=O)NC(CC(=O)O)c2ccc(-c3ccc(OCCOCCOCCOCCOCCN=[N+]=[N-])c4ccccc34)cc2)c1. The largest absolute Gasteiger partial charge is 0.491 e. The molecule has 16 heteroatoms. The number of azide groups is 1. The van der Waals surface area contributed by atoms with Crippen LogP contribution in [0.3, 0.4) is 0 Å². The van der Waals surface area contributed by atoms with Crippen molar-refractivity contribution in [1.29, 1.82) is 0 Å². The van der Waals surface area contributed by atoms with E-state index in [0.717, 1.165) is 39.0 Å². The van der Waals surface area contributed by atoms with Crippen molar-refractivity contribution >= 4 is 34.4 Å². The zero-order valence-electron chi connectivity index (χ0n) is 33.1. The molecule has 0 saturated heterocycles. The number of ether oxygens (including phenoxy) is 5. The average Bonchev–Trinajstić information content (AvgIpc) is 3.22. The second-order valence-electron chi connectivity index (χ2n) is 13.2. The fraction of sp³-hybridized carbons (Fsp3) is 0.429. The van der Waals surface area contributed by atoms with Gasteiger partial charge in [0, 0.05) is 36.0 Å². The Kier molecular flexibility index (Phi) is 19.7. The number of amides is 2. The van der Waals surface area contributed by atoms with Crippen molar-refractivity contribution in [1.82, 2.24) is 15.6 Å². The first-order valence-corrected chi connectivity index (χ1v) is 19.3. The normalized spacial score (nSPS) is 12.0. The van der Waals surface area contributed by atoms with Crippen molar-refractivity contribution in [2.75, 3.05) is 77.9 Å². The minimum atomic E-state index is -1.07. The maximum absolute atomic E-state index is 13.1. The van der Waals surface area contributed by atoms with E-state index < -0.39 is 24.0 Å². The van der Waals surface area contributed by atoms with E-state index in [1.54, 1.807) is 13.1 Å². The maximum atomic E-state index is 13.1. The van der Waals surface area contributed by atoms with Crippen LogP contribution in [0.1, 0.15) is 43.4 Å². The average molecular weight is 800 g/mol. The number of benzene rings is 3. The third-order valence-corrected chi connectivity index (χ3v) is 8.78. The summed E-state index contributed by atoms with van der Waals surface area (Å²) in [5.41, 5.74) is 11.8. The fourth-order valence-electron chi connectivity index (χ4n) is 5.87. The van der Waals surface area contributed by atoms with Crippen LogP contribution in [0.5, 0.6) is 5.75 Å². The molecule has 1 aromatic heterocycles. The van der Waals surface area contributed by atoms with Gasteiger partial charge >= 0.3 is 5.97 Å².